The van der Waals surface area contributed by atoms with Crippen molar-refractivity contribution in [1.82, 2.24) is 9.97 Å². The van der Waals surface area contributed by atoms with Gasteiger partial charge in [-0.25, -0.2) is 14.4 Å². The summed E-state index contributed by atoms with van der Waals surface area (Å²) >= 11 is 0. The number of aryl methyl sites for hydroxylation is 1. The van der Waals surface area contributed by atoms with E-state index in [9.17, 15) is 4.39 Å². The molecule has 1 aromatic carbocycles. The maximum Gasteiger partial charge on any atom is 0.136 e. The van der Waals surface area contributed by atoms with E-state index < -0.39 is 0 Å². The summed E-state index contributed by atoms with van der Waals surface area (Å²) in [6, 6.07) is 9.16. The van der Waals surface area contributed by atoms with Gasteiger partial charge in [0.2, 0.25) is 0 Å². The first-order valence-electron chi connectivity index (χ1n) is 12.2. The van der Waals surface area contributed by atoms with Crippen molar-refractivity contribution in [3.8, 4) is 6.07 Å². The summed E-state index contributed by atoms with van der Waals surface area (Å²) in [5.74, 6) is 2.41. The molecule has 2 saturated heterocycles. The molecule has 178 valence electrons. The van der Waals surface area contributed by atoms with Crippen LogP contribution in [0, 0.1) is 51.6 Å². The summed E-state index contributed by atoms with van der Waals surface area (Å²) in [6.45, 7) is 9.91. The molecule has 2 aliphatic heterocycles. The lowest BCUT2D eigenvalue weighted by Crippen LogP contribution is -2.44. The highest BCUT2D eigenvalue weighted by atomic mass is 19.1. The quantitative estimate of drug-likeness (QED) is 0.547. The van der Waals surface area contributed by atoms with Crippen molar-refractivity contribution in [2.24, 2.45) is 22.2 Å². The van der Waals surface area contributed by atoms with E-state index in [0.29, 0.717) is 45.7 Å². The molecule has 7 rings (SSSR count). The topological polar surface area (TPSA) is 88.7 Å². The molecule has 3 saturated carbocycles. The van der Waals surface area contributed by atoms with Crippen molar-refractivity contribution in [1.29, 1.82) is 10.7 Å². The van der Waals surface area contributed by atoms with Crippen LogP contribution in [0.25, 0.3) is 0 Å². The average Bonchev–Trinajstić information content (AvgIpc) is 3.59. The van der Waals surface area contributed by atoms with Gasteiger partial charge in [-0.1, -0.05) is 20.8 Å². The fourth-order valence-corrected chi connectivity index (χ4v) is 5.68. The van der Waals surface area contributed by atoms with Gasteiger partial charge in [0, 0.05) is 36.1 Å². The van der Waals surface area contributed by atoms with Crippen LogP contribution in [0.1, 0.15) is 64.3 Å². The van der Waals surface area contributed by atoms with E-state index in [1.54, 1.807) is 6.07 Å². The Morgan fingerprint density at radius 1 is 1.21 bits per heavy atom. The molecule has 5 aliphatic rings. The number of halogens is 1. The predicted octanol–water partition coefficient (Wildman–Crippen LogP) is 5.99. The van der Waals surface area contributed by atoms with Crippen LogP contribution in [0.4, 0.5) is 21.7 Å². The van der Waals surface area contributed by atoms with Gasteiger partial charge in [0.05, 0.1) is 12.0 Å². The van der Waals surface area contributed by atoms with Gasteiger partial charge < -0.3 is 15.6 Å². The number of nitrogens with zero attached hydrogens (tertiary/aromatic N) is 4. The number of aromatic nitrogens is 2. The van der Waals surface area contributed by atoms with Gasteiger partial charge in [-0.05, 0) is 73.5 Å². The molecule has 2 bridgehead atoms. The highest BCUT2D eigenvalue weighted by Gasteiger charge is 2.63. The highest BCUT2D eigenvalue weighted by molar-refractivity contribution is 5.87. The van der Waals surface area contributed by atoms with Crippen molar-refractivity contribution < 1.29 is 4.39 Å². The molecular formula is C27H33FN6. The molecule has 1 aromatic heterocycles. The van der Waals surface area contributed by atoms with Gasteiger partial charge in [0.15, 0.2) is 0 Å². The first-order valence-corrected chi connectivity index (χ1v) is 12.2. The van der Waals surface area contributed by atoms with Crippen LogP contribution in [0.15, 0.2) is 24.3 Å². The molecule has 6 nitrogen and oxygen atoms in total. The van der Waals surface area contributed by atoms with Crippen LogP contribution in [0.2, 0.25) is 0 Å². The molecule has 2 N–H and O–H groups in total. The standard InChI is InChI=1S/C21H26FN5.C6H7N/c1-13-24-18(26-17-6-5-15(22)7-14(17)11-23)8-19(25-13)27-12-21(20(2,3)4)9-16(27)10-21;7-4-5-3-6(5)1-2-6/h5-8,11,16,23H,9-10,12H2,1-4H3,(H,24,25,26);5H,1-3H2. The van der Waals surface area contributed by atoms with Gasteiger partial charge in [-0.2, -0.15) is 5.26 Å². The van der Waals surface area contributed by atoms with Crippen LogP contribution in [0.3, 0.4) is 0 Å². The van der Waals surface area contributed by atoms with E-state index in [1.807, 2.05) is 13.0 Å². The Labute approximate surface area is 201 Å². The van der Waals surface area contributed by atoms with Gasteiger partial charge >= 0.3 is 0 Å². The maximum atomic E-state index is 13.4. The Balaban J connectivity index is 0.000000290. The van der Waals surface area contributed by atoms with Crippen LogP contribution < -0.4 is 10.2 Å². The average molecular weight is 461 g/mol. The summed E-state index contributed by atoms with van der Waals surface area (Å²) in [6.07, 6.45) is 7.47. The maximum absolute atomic E-state index is 13.4. The van der Waals surface area contributed by atoms with Crippen LogP contribution in [-0.2, 0) is 0 Å². The smallest absolute Gasteiger partial charge is 0.136 e. The first kappa shape index (κ1) is 22.8. The third kappa shape index (κ3) is 3.93. The minimum atomic E-state index is -0.358. The molecule has 2 aromatic rings. The normalized spacial score (nSPS) is 27.2. The van der Waals surface area contributed by atoms with Crippen molar-refractivity contribution in [2.75, 3.05) is 16.8 Å². The fraction of sp³-hybridized carbons (Fsp3) is 0.556. The second kappa shape index (κ2) is 7.76. The third-order valence-corrected chi connectivity index (χ3v) is 8.55. The van der Waals surface area contributed by atoms with Crippen LogP contribution in [-0.4, -0.2) is 28.8 Å². The Kier molecular flexibility index (Phi) is 5.20. The second-order valence-corrected chi connectivity index (χ2v) is 11.6. The van der Waals surface area contributed by atoms with Gasteiger partial charge in [-0.15, -0.1) is 0 Å². The fourth-order valence-electron chi connectivity index (χ4n) is 5.68. The minimum Gasteiger partial charge on any atom is -0.353 e. The molecule has 3 aliphatic carbocycles. The Hall–Kier alpha value is -3.01. The first-order chi connectivity index (χ1) is 16.1. The van der Waals surface area contributed by atoms with E-state index in [2.05, 4.69) is 47.0 Å². The van der Waals surface area contributed by atoms with Crippen molar-refractivity contribution in [3.63, 3.8) is 0 Å². The number of hydrogen-bond donors (Lipinski definition) is 2. The van der Waals surface area contributed by atoms with Crippen molar-refractivity contribution in [3.05, 3.63) is 41.5 Å². The lowest BCUT2D eigenvalue weighted by molar-refractivity contribution is 0.0440. The van der Waals surface area contributed by atoms with E-state index in [0.717, 1.165) is 18.6 Å². The van der Waals surface area contributed by atoms with Crippen molar-refractivity contribution >= 4 is 23.5 Å². The predicted molar refractivity (Wildman–Crippen MR) is 132 cm³/mol. The number of fused-ring (bicyclic) bond motifs is 1. The molecule has 0 radical (unpaired) electrons. The number of anilines is 3. The van der Waals surface area contributed by atoms with E-state index >= 15 is 0 Å². The van der Waals surface area contributed by atoms with E-state index in [-0.39, 0.29) is 11.2 Å². The number of rotatable bonds is 4. The molecule has 1 spiro atoms. The largest absolute Gasteiger partial charge is 0.353 e. The zero-order valence-electron chi connectivity index (χ0n) is 20.5. The van der Waals surface area contributed by atoms with Gasteiger partial charge in [0.1, 0.15) is 23.3 Å². The number of nitriles is 1. The van der Waals surface area contributed by atoms with Crippen LogP contribution in [0.5, 0.6) is 0 Å². The SMILES string of the molecule is Cc1nc(Nc2ccc(F)cc2C=N)cc(N2CC3(C(C)(C)C)CC2C3)n1.N#CC1CC12CC2. The second-order valence-electron chi connectivity index (χ2n) is 11.6. The number of nitrogens with one attached hydrogen (secondary N) is 2. The molecule has 7 heteroatoms. The molecule has 0 amide bonds. The summed E-state index contributed by atoms with van der Waals surface area (Å²) in [4.78, 5) is 11.6. The van der Waals surface area contributed by atoms with Crippen molar-refractivity contribution in [2.45, 2.75) is 65.8 Å². The Morgan fingerprint density at radius 2 is 1.94 bits per heavy atom. The number of hydrogen-bond acceptors (Lipinski definition) is 6. The molecule has 34 heavy (non-hydrogen) atoms. The zero-order chi connectivity index (χ0) is 24.3. The number of benzene rings is 1. The molecule has 1 unspecified atom stereocenters. The molecular weight excluding hydrogens is 427 g/mol. The minimum absolute atomic E-state index is 0.286. The molecule has 3 heterocycles. The van der Waals surface area contributed by atoms with E-state index in [4.69, 9.17) is 10.7 Å². The molecule has 5 fully saturated rings. The molecule has 1 atom stereocenters. The summed E-state index contributed by atoms with van der Waals surface area (Å²) in [5.41, 5.74) is 2.41. The summed E-state index contributed by atoms with van der Waals surface area (Å²) in [7, 11) is 0. The lowest BCUT2D eigenvalue weighted by Gasteiger charge is -2.47. The monoisotopic (exact) mass is 460 g/mol. The third-order valence-electron chi connectivity index (χ3n) is 8.55. The van der Waals surface area contributed by atoms with Crippen LogP contribution >= 0.6 is 0 Å². The summed E-state index contributed by atoms with van der Waals surface area (Å²) in [5, 5.41) is 19.1. The Bertz CT molecular complexity index is 1170. The summed E-state index contributed by atoms with van der Waals surface area (Å²) < 4.78 is 13.4. The lowest BCUT2D eigenvalue weighted by atomic mass is 9.56. The Morgan fingerprint density at radius 3 is 2.47 bits per heavy atom. The zero-order valence-corrected chi connectivity index (χ0v) is 20.5. The van der Waals surface area contributed by atoms with Gasteiger partial charge in [0.25, 0.3) is 0 Å². The highest BCUT2D eigenvalue weighted by Crippen LogP contribution is 2.70. The van der Waals surface area contributed by atoms with Gasteiger partial charge in [-0.3, -0.25) is 0 Å². The van der Waals surface area contributed by atoms with E-state index in [1.165, 1.54) is 44.2 Å².